The molecular formula is C53H57F3N10O5. The van der Waals surface area contributed by atoms with E-state index < -0.39 is 40.4 Å². The third-order valence-corrected chi connectivity index (χ3v) is 16.1. The Morgan fingerprint density at radius 1 is 0.873 bits per heavy atom. The number of nitrogens with zero attached hydrogens (tertiary/aromatic N) is 8. The van der Waals surface area contributed by atoms with Gasteiger partial charge in [-0.05, 0) is 105 Å². The summed E-state index contributed by atoms with van der Waals surface area (Å²) in [5.74, 6) is -2.82. The van der Waals surface area contributed by atoms with Crippen LogP contribution in [0.3, 0.4) is 0 Å². The number of carbonyl (C=O) groups excluding carboxylic acids is 4. The number of piperazine rings is 1. The molecule has 5 aromatic rings. The number of carbonyl (C=O) groups is 4. The highest BCUT2D eigenvalue weighted by Crippen LogP contribution is 2.59. The lowest BCUT2D eigenvalue weighted by atomic mass is 9.94. The van der Waals surface area contributed by atoms with Crippen molar-refractivity contribution in [3.63, 3.8) is 0 Å². The van der Waals surface area contributed by atoms with Gasteiger partial charge in [-0.25, -0.2) is 18.2 Å². The molecule has 3 saturated heterocycles. The van der Waals surface area contributed by atoms with E-state index in [9.17, 15) is 28.4 Å². The normalized spacial score (nSPS) is 21.2. The molecule has 2 aromatic carbocycles. The summed E-state index contributed by atoms with van der Waals surface area (Å²) < 4.78 is 49.8. The van der Waals surface area contributed by atoms with Gasteiger partial charge in [0.2, 0.25) is 17.7 Å². The summed E-state index contributed by atoms with van der Waals surface area (Å²) >= 11 is 0. The second kappa shape index (κ2) is 18.1. The molecule has 8 heterocycles. The smallest absolute Gasteiger partial charge is 0.257 e. The van der Waals surface area contributed by atoms with Crippen LogP contribution in [0.4, 0.5) is 30.2 Å². The van der Waals surface area contributed by atoms with Crippen LogP contribution < -0.4 is 26.0 Å². The number of piperidine rings is 2. The Morgan fingerprint density at radius 3 is 2.30 bits per heavy atom. The van der Waals surface area contributed by atoms with Crippen LogP contribution in [0, 0.1) is 23.4 Å². The van der Waals surface area contributed by atoms with Crippen molar-refractivity contribution < 1.29 is 32.3 Å². The molecule has 4 fully saturated rings. The topological polar surface area (TPSA) is 148 Å². The van der Waals surface area contributed by atoms with Crippen LogP contribution >= 0.6 is 0 Å². The predicted molar refractivity (Wildman–Crippen MR) is 263 cm³/mol. The lowest BCUT2D eigenvalue weighted by Crippen LogP contribution is -2.54. The Balaban J connectivity index is 0.680. The van der Waals surface area contributed by atoms with Crippen LogP contribution in [0.1, 0.15) is 85.1 Å². The van der Waals surface area contributed by atoms with Gasteiger partial charge in [0.25, 0.3) is 11.5 Å². The van der Waals surface area contributed by atoms with Gasteiger partial charge in [-0.2, -0.15) is 0 Å². The van der Waals surface area contributed by atoms with Crippen LogP contribution in [-0.2, 0) is 26.8 Å². The molecule has 3 aromatic heterocycles. The van der Waals surface area contributed by atoms with E-state index in [-0.39, 0.29) is 47.0 Å². The van der Waals surface area contributed by atoms with Gasteiger partial charge >= 0.3 is 0 Å². The highest BCUT2D eigenvalue weighted by atomic mass is 19.1. The summed E-state index contributed by atoms with van der Waals surface area (Å²) in [6.07, 6.45) is 8.62. The summed E-state index contributed by atoms with van der Waals surface area (Å²) in [6, 6.07) is 12.5. The Morgan fingerprint density at radius 2 is 1.62 bits per heavy atom. The van der Waals surface area contributed by atoms with Crippen molar-refractivity contribution in [1.29, 1.82) is 0 Å². The maximum absolute atomic E-state index is 15.9. The number of nitrogens with one attached hydrogen (secondary N) is 2. The number of aromatic nitrogens is 3. The van der Waals surface area contributed by atoms with E-state index in [0.717, 1.165) is 81.0 Å². The number of hydrogen-bond acceptors (Lipinski definition) is 10. The fourth-order valence-corrected chi connectivity index (χ4v) is 11.8. The van der Waals surface area contributed by atoms with Gasteiger partial charge in [0.05, 0.1) is 23.0 Å². The lowest BCUT2D eigenvalue weighted by molar-refractivity contribution is -0.135. The van der Waals surface area contributed by atoms with Gasteiger partial charge in [0.15, 0.2) is 5.82 Å². The van der Waals surface area contributed by atoms with Gasteiger partial charge in [-0.15, -0.1) is 0 Å². The number of anilines is 3. The zero-order chi connectivity index (χ0) is 49.5. The number of rotatable bonds is 10. The molecule has 1 aliphatic carbocycles. The van der Waals surface area contributed by atoms with Gasteiger partial charge in [0, 0.05) is 131 Å². The summed E-state index contributed by atoms with van der Waals surface area (Å²) in [4.78, 5) is 79.9. The third kappa shape index (κ3) is 8.17. The molecule has 6 aliphatic rings. The molecule has 4 amide bonds. The molecule has 1 spiro atoms. The number of fused-ring (bicyclic) bond motifs is 3. The minimum Gasteiger partial charge on any atom is -0.386 e. The number of halogens is 3. The first-order chi connectivity index (χ1) is 34.2. The van der Waals surface area contributed by atoms with Gasteiger partial charge in [-0.1, -0.05) is 6.08 Å². The fraction of sp³-hybridized carbons (Fsp3) is 0.434. The second-order valence-electron chi connectivity index (χ2n) is 20.1. The molecule has 5 aliphatic heterocycles. The average molecular weight is 971 g/mol. The Labute approximate surface area is 408 Å². The molecule has 11 rings (SSSR count). The van der Waals surface area contributed by atoms with E-state index in [1.54, 1.807) is 29.1 Å². The number of likely N-dealkylation sites (tertiary alicyclic amines) is 1. The summed E-state index contributed by atoms with van der Waals surface area (Å²) in [6.45, 7) is 8.28. The molecule has 71 heavy (non-hydrogen) atoms. The van der Waals surface area contributed by atoms with Crippen molar-refractivity contribution in [2.24, 2.45) is 13.0 Å². The van der Waals surface area contributed by atoms with E-state index >= 15 is 8.78 Å². The lowest BCUT2D eigenvalue weighted by Gasteiger charge is -2.40. The molecule has 2 atom stereocenters. The summed E-state index contributed by atoms with van der Waals surface area (Å²) in [7, 11) is 3.44. The number of hydrogen-bond donors (Lipinski definition) is 2. The largest absolute Gasteiger partial charge is 0.386 e. The van der Waals surface area contributed by atoms with Crippen molar-refractivity contribution in [3.05, 3.63) is 117 Å². The van der Waals surface area contributed by atoms with Crippen molar-refractivity contribution in [3.8, 4) is 5.69 Å². The van der Waals surface area contributed by atoms with Crippen LogP contribution in [0.5, 0.6) is 0 Å². The predicted octanol–water partition coefficient (Wildman–Crippen LogP) is 5.89. The van der Waals surface area contributed by atoms with Crippen LogP contribution in [0.25, 0.3) is 22.3 Å². The maximum atomic E-state index is 15.9. The third-order valence-electron chi connectivity index (χ3n) is 16.1. The van der Waals surface area contributed by atoms with Crippen LogP contribution in [0.15, 0.2) is 71.8 Å². The van der Waals surface area contributed by atoms with Gasteiger partial charge in [-0.3, -0.25) is 48.6 Å². The molecule has 0 radical (unpaired) electrons. The minimum absolute atomic E-state index is 0.00363. The molecule has 1 saturated carbocycles. The molecular weight excluding hydrogens is 914 g/mol. The Hall–Kier alpha value is -6.79. The number of pyridine rings is 2. The van der Waals surface area contributed by atoms with Crippen molar-refractivity contribution in [1.82, 2.24) is 34.1 Å². The first kappa shape index (κ1) is 46.6. The van der Waals surface area contributed by atoms with Gasteiger partial charge in [0.1, 0.15) is 23.3 Å². The Bertz CT molecular complexity index is 3090. The summed E-state index contributed by atoms with van der Waals surface area (Å²) in [5.41, 5.74) is 4.45. The van der Waals surface area contributed by atoms with Crippen LogP contribution in [0.2, 0.25) is 0 Å². The summed E-state index contributed by atoms with van der Waals surface area (Å²) in [5, 5.41) is 5.78. The van der Waals surface area contributed by atoms with E-state index in [1.807, 2.05) is 42.8 Å². The zero-order valence-corrected chi connectivity index (χ0v) is 40.1. The monoisotopic (exact) mass is 970 g/mol. The second-order valence-corrected chi connectivity index (χ2v) is 20.1. The number of benzene rings is 2. The fourth-order valence-electron chi connectivity index (χ4n) is 11.8. The van der Waals surface area contributed by atoms with Crippen molar-refractivity contribution >= 4 is 57.3 Å². The zero-order valence-electron chi connectivity index (χ0n) is 40.1. The molecule has 15 nitrogen and oxygen atoms in total. The standard InChI is InChI=1S/C53H57F3N10O5/c1-31(45-27-36-42(8-15-58-49(36)60(45)3)65-30-40(56)41(57-2)28-47(65)68)62-18-11-33(12-19-62)48-38(54)24-34(25-39(48)55)51(70)64-16-9-32(10-17-64)29-61-20-22-63(23-21-61)35-4-5-43-37(26-35)53(13-14-53)52(71)66(43)44-6-7-46(67)59-50(44)69/h4-5,8,11,15,24-28,30-32,44,57H,6-7,9-10,12-14,16-23,29H2,1-3H3,(H,59,67,69)/t31-,44?/m0/s1. The van der Waals surface area contributed by atoms with E-state index in [0.29, 0.717) is 67.2 Å². The van der Waals surface area contributed by atoms with E-state index in [2.05, 4.69) is 36.4 Å². The molecule has 18 heteroatoms. The highest BCUT2D eigenvalue weighted by molar-refractivity contribution is 6.15. The average Bonchev–Trinajstić information content (AvgIpc) is 4.06. The van der Waals surface area contributed by atoms with E-state index in [4.69, 9.17) is 0 Å². The van der Waals surface area contributed by atoms with E-state index in [1.165, 1.54) is 29.0 Å². The number of imide groups is 1. The SMILES string of the molecule is CNc1cc(=O)n(-c2ccnc3c2cc([C@H](C)N2CC=C(c4c(F)cc(C(=O)N5CCC(CN6CCN(c7ccc8c(c7)C7(CC7)C(=O)N8C7CCC(=O)NC7=O)CC6)CC5)cc4F)CC2)n3C)cc1F. The minimum atomic E-state index is -0.758. The van der Waals surface area contributed by atoms with Crippen molar-refractivity contribution in [2.45, 2.75) is 69.4 Å². The maximum Gasteiger partial charge on any atom is 0.257 e. The molecule has 370 valence electrons. The van der Waals surface area contributed by atoms with Gasteiger partial charge < -0.3 is 19.7 Å². The first-order valence-corrected chi connectivity index (χ1v) is 24.8. The molecule has 1 unspecified atom stereocenters. The number of amides is 4. The first-order valence-electron chi connectivity index (χ1n) is 24.8. The quantitative estimate of drug-likeness (QED) is 0.163. The molecule has 0 bridgehead atoms. The molecule has 2 N–H and O–H groups in total. The van der Waals surface area contributed by atoms with Crippen LogP contribution in [-0.4, -0.2) is 124 Å². The van der Waals surface area contributed by atoms with Crippen molar-refractivity contribution in [2.75, 3.05) is 81.1 Å². The number of aryl methyl sites for hydroxylation is 1. The highest BCUT2D eigenvalue weighted by Gasteiger charge is 2.61. The Kier molecular flexibility index (Phi) is 11.9.